The molecule has 0 bridgehead atoms. The number of nitrogens with one attached hydrogen (secondary N) is 1. The van der Waals surface area contributed by atoms with Crippen molar-refractivity contribution < 1.29 is 9.18 Å². The summed E-state index contributed by atoms with van der Waals surface area (Å²) in [6, 6.07) is 10.0. The second-order valence-electron chi connectivity index (χ2n) is 7.01. The predicted octanol–water partition coefficient (Wildman–Crippen LogP) is 3.12. The lowest BCUT2D eigenvalue weighted by Gasteiger charge is -2.32. The van der Waals surface area contributed by atoms with Gasteiger partial charge in [0.1, 0.15) is 5.82 Å². The number of rotatable bonds is 4. The largest absolute Gasteiger partial charge is 0.322 e. The molecule has 2 aromatic carbocycles. The Kier molecular flexibility index (Phi) is 5.90. The van der Waals surface area contributed by atoms with Crippen molar-refractivity contribution in [3.8, 4) is 12.3 Å². The molecule has 140 valence electrons. The molecule has 0 aromatic heterocycles. The minimum atomic E-state index is -0.308. The van der Waals surface area contributed by atoms with E-state index in [0.29, 0.717) is 28.9 Å². The number of hydrogen-bond acceptors (Lipinski definition) is 3. The third kappa shape index (κ3) is 4.73. The Labute approximate surface area is 160 Å². The quantitative estimate of drug-likeness (QED) is 0.846. The van der Waals surface area contributed by atoms with Gasteiger partial charge in [-0.2, -0.15) is 0 Å². The van der Waals surface area contributed by atoms with E-state index in [-0.39, 0.29) is 11.7 Å². The molecule has 0 atom stereocenters. The van der Waals surface area contributed by atoms with Crippen LogP contribution in [0.1, 0.15) is 27.0 Å². The number of anilines is 1. The lowest BCUT2D eigenvalue weighted by molar-refractivity contribution is 0.102. The van der Waals surface area contributed by atoms with Crippen LogP contribution in [-0.4, -0.2) is 48.9 Å². The van der Waals surface area contributed by atoms with Crippen LogP contribution in [0.15, 0.2) is 36.4 Å². The third-order valence-corrected chi connectivity index (χ3v) is 4.96. The van der Waals surface area contributed by atoms with Crippen molar-refractivity contribution in [1.29, 1.82) is 0 Å². The normalized spacial score (nSPS) is 15.3. The monoisotopic (exact) mass is 365 g/mol. The summed E-state index contributed by atoms with van der Waals surface area (Å²) in [6.45, 7) is 6.32. The summed E-state index contributed by atoms with van der Waals surface area (Å²) in [5.41, 5.74) is 3.14. The number of benzene rings is 2. The second-order valence-corrected chi connectivity index (χ2v) is 7.01. The summed E-state index contributed by atoms with van der Waals surface area (Å²) in [7, 11) is 2.09. The first kappa shape index (κ1) is 19.1. The van der Waals surface area contributed by atoms with E-state index in [2.05, 4.69) is 28.1 Å². The predicted molar refractivity (Wildman–Crippen MR) is 106 cm³/mol. The van der Waals surface area contributed by atoms with E-state index in [0.717, 1.165) is 31.7 Å². The number of halogens is 1. The van der Waals surface area contributed by atoms with E-state index in [1.54, 1.807) is 24.3 Å². The van der Waals surface area contributed by atoms with E-state index < -0.39 is 0 Å². The molecule has 0 radical (unpaired) electrons. The van der Waals surface area contributed by atoms with Crippen LogP contribution in [0.3, 0.4) is 0 Å². The van der Waals surface area contributed by atoms with Crippen LogP contribution in [0.2, 0.25) is 0 Å². The third-order valence-electron chi connectivity index (χ3n) is 4.96. The molecule has 0 saturated carbocycles. The average molecular weight is 365 g/mol. The number of carbonyl (C=O) groups is 1. The molecule has 2 aromatic rings. The van der Waals surface area contributed by atoms with Crippen LogP contribution in [0, 0.1) is 25.1 Å². The molecule has 1 fully saturated rings. The number of nitrogens with zero attached hydrogens (tertiary/aromatic N) is 2. The zero-order valence-electron chi connectivity index (χ0n) is 15.8. The summed E-state index contributed by atoms with van der Waals surface area (Å²) < 4.78 is 14.5. The molecule has 1 amide bonds. The Morgan fingerprint density at radius 3 is 2.59 bits per heavy atom. The average Bonchev–Trinajstić information content (AvgIpc) is 2.66. The topological polar surface area (TPSA) is 35.6 Å². The molecule has 1 aliphatic heterocycles. The maximum absolute atomic E-state index is 14.5. The highest BCUT2D eigenvalue weighted by Crippen LogP contribution is 2.18. The van der Waals surface area contributed by atoms with Gasteiger partial charge in [0.25, 0.3) is 5.91 Å². The standard InChI is InChI=1S/C22H24FN3O/c1-4-17-13-18(6-5-16(17)2)22(27)24-20-8-7-19(21(23)14-20)15-26-11-9-25(3)10-12-26/h1,5-8,13-14H,9-12,15H2,2-3H3,(H,24,27). The van der Waals surface area contributed by atoms with Crippen molar-refractivity contribution >= 4 is 11.6 Å². The van der Waals surface area contributed by atoms with Gasteiger partial charge in [0.05, 0.1) is 0 Å². The van der Waals surface area contributed by atoms with Gasteiger partial charge in [0.15, 0.2) is 0 Å². The van der Waals surface area contributed by atoms with Crippen molar-refractivity contribution in [3.63, 3.8) is 0 Å². The zero-order valence-corrected chi connectivity index (χ0v) is 15.8. The van der Waals surface area contributed by atoms with Crippen LogP contribution >= 0.6 is 0 Å². The van der Waals surface area contributed by atoms with E-state index >= 15 is 0 Å². The van der Waals surface area contributed by atoms with Crippen molar-refractivity contribution in [2.75, 3.05) is 38.5 Å². The molecule has 0 aliphatic carbocycles. The number of carbonyl (C=O) groups excluding carboxylic acids is 1. The minimum Gasteiger partial charge on any atom is -0.322 e. The fraction of sp³-hybridized carbons (Fsp3) is 0.318. The molecular weight excluding hydrogens is 341 g/mol. The maximum atomic E-state index is 14.5. The van der Waals surface area contributed by atoms with Gasteiger partial charge in [-0.1, -0.05) is 18.1 Å². The van der Waals surface area contributed by atoms with Crippen LogP contribution in [0.4, 0.5) is 10.1 Å². The van der Waals surface area contributed by atoms with Gasteiger partial charge in [0.2, 0.25) is 0 Å². The van der Waals surface area contributed by atoms with Gasteiger partial charge in [-0.15, -0.1) is 6.42 Å². The summed E-state index contributed by atoms with van der Waals surface area (Å²) >= 11 is 0. The Hall–Kier alpha value is -2.68. The number of hydrogen-bond donors (Lipinski definition) is 1. The first-order chi connectivity index (χ1) is 13.0. The van der Waals surface area contributed by atoms with E-state index in [4.69, 9.17) is 6.42 Å². The Morgan fingerprint density at radius 1 is 1.19 bits per heavy atom. The fourth-order valence-corrected chi connectivity index (χ4v) is 3.12. The molecule has 3 rings (SSSR count). The van der Waals surface area contributed by atoms with Gasteiger partial charge >= 0.3 is 0 Å². The lowest BCUT2D eigenvalue weighted by atomic mass is 10.0. The zero-order chi connectivity index (χ0) is 19.4. The number of amides is 1. The Morgan fingerprint density at radius 2 is 1.93 bits per heavy atom. The molecule has 1 aliphatic rings. The molecule has 4 nitrogen and oxygen atoms in total. The van der Waals surface area contributed by atoms with Gasteiger partial charge in [-0.3, -0.25) is 9.69 Å². The van der Waals surface area contributed by atoms with Crippen molar-refractivity contribution in [2.24, 2.45) is 0 Å². The van der Waals surface area contributed by atoms with Crippen LogP contribution in [0.25, 0.3) is 0 Å². The highest BCUT2D eigenvalue weighted by molar-refractivity contribution is 6.04. The molecule has 1 saturated heterocycles. The summed E-state index contributed by atoms with van der Waals surface area (Å²) in [4.78, 5) is 16.9. The van der Waals surface area contributed by atoms with Crippen molar-refractivity contribution in [3.05, 3.63) is 64.5 Å². The first-order valence-corrected chi connectivity index (χ1v) is 9.04. The Bertz CT molecular complexity index is 880. The summed E-state index contributed by atoms with van der Waals surface area (Å²) in [5, 5.41) is 2.74. The molecule has 1 heterocycles. The number of piperazine rings is 1. The first-order valence-electron chi connectivity index (χ1n) is 9.04. The number of aryl methyl sites for hydroxylation is 1. The number of likely N-dealkylation sites (N-methyl/N-ethyl adjacent to an activating group) is 1. The minimum absolute atomic E-state index is 0.306. The highest BCUT2D eigenvalue weighted by Gasteiger charge is 2.16. The van der Waals surface area contributed by atoms with Gasteiger partial charge in [-0.05, 0) is 43.8 Å². The van der Waals surface area contributed by atoms with Crippen molar-refractivity contribution in [1.82, 2.24) is 9.80 Å². The van der Waals surface area contributed by atoms with Gasteiger partial charge < -0.3 is 10.2 Å². The smallest absolute Gasteiger partial charge is 0.255 e. The van der Waals surface area contributed by atoms with Gasteiger partial charge in [-0.25, -0.2) is 4.39 Å². The summed E-state index contributed by atoms with van der Waals surface area (Å²) in [5.74, 6) is 1.95. The van der Waals surface area contributed by atoms with E-state index in [9.17, 15) is 9.18 Å². The molecule has 0 spiro atoms. The fourth-order valence-electron chi connectivity index (χ4n) is 3.12. The van der Waals surface area contributed by atoms with Gasteiger partial charge in [0, 0.05) is 55.1 Å². The molecule has 1 N–H and O–H groups in total. The Balaban J connectivity index is 1.67. The maximum Gasteiger partial charge on any atom is 0.255 e. The van der Waals surface area contributed by atoms with Crippen molar-refractivity contribution in [2.45, 2.75) is 13.5 Å². The number of terminal acetylenes is 1. The molecule has 0 unspecified atom stereocenters. The van der Waals surface area contributed by atoms with Crippen LogP contribution in [0.5, 0.6) is 0 Å². The van der Waals surface area contributed by atoms with Crippen LogP contribution < -0.4 is 5.32 Å². The van der Waals surface area contributed by atoms with E-state index in [1.807, 2.05) is 13.0 Å². The highest BCUT2D eigenvalue weighted by atomic mass is 19.1. The van der Waals surface area contributed by atoms with E-state index in [1.165, 1.54) is 6.07 Å². The molecule has 27 heavy (non-hydrogen) atoms. The second kappa shape index (κ2) is 8.34. The summed E-state index contributed by atoms with van der Waals surface area (Å²) in [6.07, 6.45) is 5.46. The molecular formula is C22H24FN3O. The molecule has 5 heteroatoms. The lowest BCUT2D eigenvalue weighted by Crippen LogP contribution is -2.44. The van der Waals surface area contributed by atoms with Crippen LogP contribution in [-0.2, 0) is 6.54 Å². The SMILES string of the molecule is C#Cc1cc(C(=O)Nc2ccc(CN3CCN(C)CC3)c(F)c2)ccc1C.